The van der Waals surface area contributed by atoms with Crippen LogP contribution in [0.1, 0.15) is 5.56 Å². The number of likely N-dealkylation sites (N-methyl/N-ethyl adjacent to an activating group) is 1. The Labute approximate surface area is 148 Å². The Kier molecular flexibility index (Phi) is 6.26. The lowest BCUT2D eigenvalue weighted by Gasteiger charge is -2.14. The molecule has 0 fully saturated rings. The largest absolute Gasteiger partial charge is 0.326 e. The van der Waals surface area contributed by atoms with Crippen LogP contribution in [0.15, 0.2) is 46.9 Å². The fourth-order valence-electron chi connectivity index (χ4n) is 2.09. The van der Waals surface area contributed by atoms with Crippen LogP contribution in [0.2, 0.25) is 10.0 Å². The zero-order valence-electron chi connectivity index (χ0n) is 12.0. The summed E-state index contributed by atoms with van der Waals surface area (Å²) in [4.78, 5) is 13.1. The summed E-state index contributed by atoms with van der Waals surface area (Å²) in [7, 11) is 1.96. The highest BCUT2D eigenvalue weighted by molar-refractivity contribution is 9.10. The zero-order valence-corrected chi connectivity index (χ0v) is 15.1. The predicted octanol–water partition coefficient (Wildman–Crippen LogP) is 3.41. The van der Waals surface area contributed by atoms with Crippen molar-refractivity contribution in [3.05, 3.63) is 62.5 Å². The van der Waals surface area contributed by atoms with Crippen LogP contribution in [-0.2, 0) is 11.3 Å². The van der Waals surface area contributed by atoms with Crippen molar-refractivity contribution in [3.63, 3.8) is 0 Å². The topological polar surface area (TPSA) is 33.5 Å². The van der Waals surface area contributed by atoms with Gasteiger partial charge >= 0.3 is 0 Å². The molecule has 0 aliphatic carbocycles. The van der Waals surface area contributed by atoms with Crippen LogP contribution in [0, 0.1) is 0 Å². The van der Waals surface area contributed by atoms with Crippen molar-refractivity contribution in [2.45, 2.75) is 6.54 Å². The number of hydrogen-bond acceptors (Lipinski definition) is 1. The summed E-state index contributed by atoms with van der Waals surface area (Å²) in [6.45, 7) is 1.06. The molecule has 0 radical (unpaired) electrons. The van der Waals surface area contributed by atoms with E-state index in [2.05, 4.69) is 21.2 Å². The number of quaternary nitrogens is 1. The quantitative estimate of drug-likeness (QED) is 0.789. The number of anilines is 1. The second-order valence-electron chi connectivity index (χ2n) is 5.09. The predicted molar refractivity (Wildman–Crippen MR) is 94.7 cm³/mol. The molecule has 1 amide bonds. The Hall–Kier alpha value is -1.07. The molecule has 22 heavy (non-hydrogen) atoms. The first-order chi connectivity index (χ1) is 10.5. The van der Waals surface area contributed by atoms with Crippen LogP contribution in [-0.4, -0.2) is 19.5 Å². The minimum absolute atomic E-state index is 0.0375. The maximum absolute atomic E-state index is 12.1. The molecular weight excluding hydrogens is 387 g/mol. The summed E-state index contributed by atoms with van der Waals surface area (Å²) in [5.74, 6) is -0.0375. The third kappa shape index (κ3) is 4.99. The number of rotatable bonds is 5. The van der Waals surface area contributed by atoms with Gasteiger partial charge in [-0.2, -0.15) is 0 Å². The average molecular weight is 403 g/mol. The number of carbonyl (C=O) groups is 1. The van der Waals surface area contributed by atoms with E-state index in [4.69, 9.17) is 23.2 Å². The van der Waals surface area contributed by atoms with Gasteiger partial charge in [0.25, 0.3) is 5.91 Å². The van der Waals surface area contributed by atoms with Gasteiger partial charge in [0, 0.05) is 10.0 Å². The van der Waals surface area contributed by atoms with Crippen molar-refractivity contribution in [2.24, 2.45) is 0 Å². The summed E-state index contributed by atoms with van der Waals surface area (Å²) < 4.78 is 0.866. The minimum Gasteiger partial charge on any atom is -0.326 e. The van der Waals surface area contributed by atoms with Gasteiger partial charge in [0.1, 0.15) is 6.54 Å². The number of para-hydroxylation sites is 1. The monoisotopic (exact) mass is 401 g/mol. The van der Waals surface area contributed by atoms with E-state index in [1.165, 1.54) is 0 Å². The maximum atomic E-state index is 12.1. The summed E-state index contributed by atoms with van der Waals surface area (Å²) in [6, 6.07) is 13.1. The highest BCUT2D eigenvalue weighted by Gasteiger charge is 2.12. The second kappa shape index (κ2) is 7.97. The van der Waals surface area contributed by atoms with Crippen LogP contribution in [0.4, 0.5) is 5.69 Å². The van der Waals surface area contributed by atoms with E-state index >= 15 is 0 Å². The molecule has 0 saturated heterocycles. The molecule has 2 rings (SSSR count). The van der Waals surface area contributed by atoms with E-state index in [1.54, 1.807) is 6.07 Å². The van der Waals surface area contributed by atoms with Crippen molar-refractivity contribution in [3.8, 4) is 0 Å². The minimum atomic E-state index is -0.0375. The Balaban J connectivity index is 1.91. The van der Waals surface area contributed by atoms with Crippen LogP contribution >= 0.6 is 39.1 Å². The van der Waals surface area contributed by atoms with Crippen LogP contribution in [0.5, 0.6) is 0 Å². The van der Waals surface area contributed by atoms with Crippen molar-refractivity contribution < 1.29 is 9.69 Å². The van der Waals surface area contributed by atoms with Gasteiger partial charge in [0.15, 0.2) is 6.54 Å². The van der Waals surface area contributed by atoms with Gasteiger partial charge in [0.2, 0.25) is 0 Å². The van der Waals surface area contributed by atoms with Crippen LogP contribution < -0.4 is 10.2 Å². The number of amides is 1. The summed E-state index contributed by atoms with van der Waals surface area (Å²) in [6.07, 6.45) is 0. The first-order valence-corrected chi connectivity index (χ1v) is 8.30. The lowest BCUT2D eigenvalue weighted by Crippen LogP contribution is -3.08. The third-order valence-electron chi connectivity index (χ3n) is 3.10. The Morgan fingerprint density at radius 3 is 2.59 bits per heavy atom. The Morgan fingerprint density at radius 2 is 1.91 bits per heavy atom. The molecule has 0 bridgehead atoms. The molecular formula is C16H16BrCl2N2O+. The molecule has 3 nitrogen and oxygen atoms in total. The molecule has 0 aliphatic heterocycles. The average Bonchev–Trinajstić information content (AvgIpc) is 2.45. The fourth-order valence-corrected chi connectivity index (χ4v) is 2.80. The summed E-state index contributed by atoms with van der Waals surface area (Å²) in [5, 5.41) is 3.96. The van der Waals surface area contributed by atoms with Gasteiger partial charge in [0.05, 0.1) is 22.8 Å². The number of hydrogen-bond donors (Lipinski definition) is 2. The van der Waals surface area contributed by atoms with E-state index in [9.17, 15) is 4.79 Å². The molecule has 1 unspecified atom stereocenters. The normalized spacial score (nSPS) is 12.0. The number of benzene rings is 2. The zero-order chi connectivity index (χ0) is 16.1. The maximum Gasteiger partial charge on any atom is 0.279 e. The van der Waals surface area contributed by atoms with E-state index in [0.29, 0.717) is 23.1 Å². The molecule has 2 aromatic rings. The molecule has 0 spiro atoms. The van der Waals surface area contributed by atoms with Gasteiger partial charge in [-0.1, -0.05) is 41.4 Å². The number of carbonyl (C=O) groups excluding carboxylic acids is 1. The van der Waals surface area contributed by atoms with E-state index < -0.39 is 0 Å². The molecule has 0 aliphatic rings. The number of nitrogens with one attached hydrogen (secondary N) is 2. The van der Waals surface area contributed by atoms with E-state index in [-0.39, 0.29) is 5.91 Å². The molecule has 6 heteroatoms. The lowest BCUT2D eigenvalue weighted by atomic mass is 10.2. The molecule has 2 aromatic carbocycles. The molecule has 0 heterocycles. The molecule has 1 atom stereocenters. The van der Waals surface area contributed by atoms with Crippen LogP contribution in [0.3, 0.4) is 0 Å². The Bertz CT molecular complexity index is 679. The van der Waals surface area contributed by atoms with Gasteiger partial charge < -0.3 is 10.2 Å². The van der Waals surface area contributed by atoms with Crippen molar-refractivity contribution in [1.29, 1.82) is 0 Å². The van der Waals surface area contributed by atoms with Crippen molar-refractivity contribution in [1.82, 2.24) is 0 Å². The van der Waals surface area contributed by atoms with Gasteiger partial charge in [-0.25, -0.2) is 0 Å². The van der Waals surface area contributed by atoms with E-state index in [1.807, 2.05) is 43.4 Å². The lowest BCUT2D eigenvalue weighted by molar-refractivity contribution is -0.885. The third-order valence-corrected chi connectivity index (χ3v) is 4.53. The fraction of sp³-hybridized carbons (Fsp3) is 0.188. The molecule has 0 aromatic heterocycles. The summed E-state index contributed by atoms with van der Waals surface area (Å²) in [5.41, 5.74) is 1.82. The summed E-state index contributed by atoms with van der Waals surface area (Å²) >= 11 is 15.3. The molecule has 2 N–H and O–H groups in total. The van der Waals surface area contributed by atoms with Crippen molar-refractivity contribution >= 4 is 50.7 Å². The van der Waals surface area contributed by atoms with Gasteiger partial charge in [-0.05, 0) is 40.2 Å². The van der Waals surface area contributed by atoms with Gasteiger partial charge in [-0.15, -0.1) is 0 Å². The smallest absolute Gasteiger partial charge is 0.279 e. The highest BCUT2D eigenvalue weighted by atomic mass is 79.9. The second-order valence-corrected chi connectivity index (χ2v) is 6.76. The van der Waals surface area contributed by atoms with Crippen LogP contribution in [0.25, 0.3) is 0 Å². The standard InChI is InChI=1S/C16H15BrCl2N2O/c1-21(9-11-6-7-13(18)14(19)8-11)10-16(22)20-15-5-3-2-4-12(15)17/h2-8H,9-10H2,1H3,(H,20,22)/p+1. The number of halogens is 3. The molecule has 116 valence electrons. The Morgan fingerprint density at radius 1 is 1.18 bits per heavy atom. The first kappa shape index (κ1) is 17.3. The first-order valence-electron chi connectivity index (χ1n) is 6.75. The van der Waals surface area contributed by atoms with Crippen molar-refractivity contribution in [2.75, 3.05) is 18.9 Å². The highest BCUT2D eigenvalue weighted by Crippen LogP contribution is 2.22. The van der Waals surface area contributed by atoms with Gasteiger partial charge in [-0.3, -0.25) is 4.79 Å². The van der Waals surface area contributed by atoms with E-state index in [0.717, 1.165) is 20.6 Å². The SMILES string of the molecule is C[NH+](CC(=O)Nc1ccccc1Br)Cc1ccc(Cl)c(Cl)c1. The molecule has 0 saturated carbocycles.